The summed E-state index contributed by atoms with van der Waals surface area (Å²) in [5.74, 6) is -0.882. The maximum absolute atomic E-state index is 12.3. The topological polar surface area (TPSA) is 101 Å². The van der Waals surface area contributed by atoms with Crippen LogP contribution in [-0.2, 0) is 4.79 Å². The smallest absolute Gasteiger partial charge is 0.303 e. The lowest BCUT2D eigenvalue weighted by atomic mass is 9.96. The van der Waals surface area contributed by atoms with Crippen LogP contribution in [0, 0.1) is 5.92 Å². The fourth-order valence-corrected chi connectivity index (χ4v) is 3.02. The average Bonchev–Trinajstić information content (AvgIpc) is 3.00. The third kappa shape index (κ3) is 2.27. The molecule has 104 valence electrons. The molecule has 8 nitrogen and oxygen atoms in total. The summed E-state index contributed by atoms with van der Waals surface area (Å²) in [6, 6.07) is 1.78. The van der Waals surface area contributed by atoms with Crippen LogP contribution in [0.1, 0.15) is 16.1 Å². The highest BCUT2D eigenvalue weighted by Gasteiger charge is 2.34. The highest BCUT2D eigenvalue weighted by Crippen LogP contribution is 2.27. The van der Waals surface area contributed by atoms with E-state index in [0.29, 0.717) is 23.7 Å². The number of aliphatic carboxylic acids is 1. The van der Waals surface area contributed by atoms with Crippen molar-refractivity contribution in [2.75, 3.05) is 13.1 Å². The highest BCUT2D eigenvalue weighted by atomic mass is 32.1. The number of aromatic nitrogens is 4. The Bertz CT molecular complexity index is 632. The van der Waals surface area contributed by atoms with E-state index in [2.05, 4.69) is 15.5 Å². The fourth-order valence-electron chi connectivity index (χ4n) is 2.17. The maximum Gasteiger partial charge on any atom is 0.303 e. The number of likely N-dealkylation sites (tertiary alicyclic amines) is 1. The minimum absolute atomic E-state index is 0.0490. The molecule has 0 spiro atoms. The van der Waals surface area contributed by atoms with Gasteiger partial charge in [0.05, 0.1) is 12.1 Å². The Hall–Kier alpha value is -2.29. The van der Waals surface area contributed by atoms with Gasteiger partial charge in [-0.05, 0) is 21.9 Å². The Morgan fingerprint density at radius 2 is 2.25 bits per heavy atom. The van der Waals surface area contributed by atoms with E-state index >= 15 is 0 Å². The molecule has 1 amide bonds. The van der Waals surface area contributed by atoms with Crippen molar-refractivity contribution in [2.24, 2.45) is 5.92 Å². The second-order valence-electron chi connectivity index (χ2n) is 4.56. The molecule has 20 heavy (non-hydrogen) atoms. The summed E-state index contributed by atoms with van der Waals surface area (Å²) in [6.45, 7) is 0.968. The fraction of sp³-hybridized carbons (Fsp3) is 0.364. The molecule has 0 atom stereocenters. The van der Waals surface area contributed by atoms with Gasteiger partial charge in [-0.3, -0.25) is 9.59 Å². The molecule has 0 radical (unpaired) electrons. The number of carbonyl (C=O) groups is 2. The number of rotatable bonds is 4. The van der Waals surface area contributed by atoms with E-state index in [1.165, 1.54) is 22.3 Å². The molecule has 1 saturated heterocycles. The van der Waals surface area contributed by atoms with Gasteiger partial charge in [-0.15, -0.1) is 16.4 Å². The molecule has 0 bridgehead atoms. The Kier molecular flexibility index (Phi) is 3.18. The molecule has 3 rings (SSSR count). The van der Waals surface area contributed by atoms with Crippen LogP contribution in [0.3, 0.4) is 0 Å². The predicted octanol–water partition coefficient (Wildman–Crippen LogP) is 0.270. The molecule has 3 heterocycles. The summed E-state index contributed by atoms with van der Waals surface area (Å²) >= 11 is 1.32. The molecule has 9 heteroatoms. The van der Waals surface area contributed by atoms with Crippen molar-refractivity contribution in [1.29, 1.82) is 0 Å². The number of nitrogens with zero attached hydrogens (tertiary/aromatic N) is 5. The van der Waals surface area contributed by atoms with Crippen molar-refractivity contribution in [3.8, 4) is 5.69 Å². The largest absolute Gasteiger partial charge is 0.481 e. The van der Waals surface area contributed by atoms with Gasteiger partial charge >= 0.3 is 5.97 Å². The number of hydrogen-bond acceptors (Lipinski definition) is 6. The molecule has 2 aromatic rings. The highest BCUT2D eigenvalue weighted by molar-refractivity contribution is 7.12. The monoisotopic (exact) mass is 293 g/mol. The first-order valence-corrected chi connectivity index (χ1v) is 6.85. The number of carboxylic acid groups (broad SMARTS) is 1. The summed E-state index contributed by atoms with van der Waals surface area (Å²) in [5, 5.41) is 21.4. The van der Waals surface area contributed by atoms with Crippen LogP contribution in [0.5, 0.6) is 0 Å². The molecule has 0 aliphatic carbocycles. The molecule has 0 saturated carbocycles. The summed E-state index contributed by atoms with van der Waals surface area (Å²) in [6.07, 6.45) is 1.54. The lowest BCUT2D eigenvalue weighted by Gasteiger charge is -2.38. The van der Waals surface area contributed by atoms with E-state index in [0.717, 1.165) is 0 Å². The molecule has 1 aliphatic heterocycles. The number of carboxylic acids is 1. The predicted molar refractivity (Wildman–Crippen MR) is 68.7 cm³/mol. The Labute approximate surface area is 117 Å². The van der Waals surface area contributed by atoms with Crippen LogP contribution >= 0.6 is 11.3 Å². The van der Waals surface area contributed by atoms with E-state index in [9.17, 15) is 9.59 Å². The van der Waals surface area contributed by atoms with Crippen LogP contribution in [-0.4, -0.2) is 55.2 Å². The van der Waals surface area contributed by atoms with Crippen molar-refractivity contribution >= 4 is 23.2 Å². The number of hydrogen-bond donors (Lipinski definition) is 1. The molecule has 1 fully saturated rings. The van der Waals surface area contributed by atoms with E-state index in [1.807, 2.05) is 0 Å². The first-order valence-electron chi connectivity index (χ1n) is 5.97. The molecule has 2 aromatic heterocycles. The Morgan fingerprint density at radius 3 is 2.90 bits per heavy atom. The number of amides is 1. The van der Waals surface area contributed by atoms with Gasteiger partial charge in [-0.1, -0.05) is 0 Å². The SMILES string of the molecule is O=C(O)CC1CN(C(=O)c2sccc2-n2cnnn2)C1. The van der Waals surface area contributed by atoms with Gasteiger partial charge in [0.25, 0.3) is 5.91 Å². The first-order chi connectivity index (χ1) is 9.65. The van der Waals surface area contributed by atoms with Gasteiger partial charge in [0.15, 0.2) is 0 Å². The quantitative estimate of drug-likeness (QED) is 0.868. The van der Waals surface area contributed by atoms with Crippen LogP contribution in [0.15, 0.2) is 17.8 Å². The molecule has 0 unspecified atom stereocenters. The Morgan fingerprint density at radius 1 is 1.45 bits per heavy atom. The first kappa shape index (κ1) is 12.7. The van der Waals surface area contributed by atoms with Gasteiger partial charge < -0.3 is 10.0 Å². The van der Waals surface area contributed by atoms with Crippen molar-refractivity contribution in [1.82, 2.24) is 25.1 Å². The molecular formula is C11H11N5O3S. The molecule has 1 N–H and O–H groups in total. The van der Waals surface area contributed by atoms with Crippen LogP contribution < -0.4 is 0 Å². The van der Waals surface area contributed by atoms with Crippen LogP contribution in [0.2, 0.25) is 0 Å². The Balaban J connectivity index is 1.71. The van der Waals surface area contributed by atoms with Gasteiger partial charge in [0, 0.05) is 19.0 Å². The number of tetrazole rings is 1. The number of carbonyl (C=O) groups excluding carboxylic acids is 1. The zero-order valence-electron chi connectivity index (χ0n) is 10.3. The maximum atomic E-state index is 12.3. The summed E-state index contributed by atoms with van der Waals surface area (Å²) < 4.78 is 1.44. The number of thiophene rings is 1. The van der Waals surface area contributed by atoms with E-state index in [1.54, 1.807) is 16.3 Å². The van der Waals surface area contributed by atoms with Crippen molar-refractivity contribution in [3.63, 3.8) is 0 Å². The third-order valence-corrected chi connectivity index (χ3v) is 4.03. The molecular weight excluding hydrogens is 282 g/mol. The van der Waals surface area contributed by atoms with E-state index in [4.69, 9.17) is 5.11 Å². The lowest BCUT2D eigenvalue weighted by Crippen LogP contribution is -2.50. The summed E-state index contributed by atoms with van der Waals surface area (Å²) in [4.78, 5) is 25.1. The summed E-state index contributed by atoms with van der Waals surface area (Å²) in [7, 11) is 0. The molecule has 1 aliphatic rings. The summed E-state index contributed by atoms with van der Waals surface area (Å²) in [5.41, 5.74) is 0.645. The standard InChI is InChI=1S/C11H11N5O3S/c17-9(18)3-7-4-15(5-7)11(19)10-8(1-2-20-10)16-6-12-13-14-16/h1-2,6-7H,3-5H2,(H,17,18). The van der Waals surface area contributed by atoms with E-state index < -0.39 is 5.97 Å². The van der Waals surface area contributed by atoms with Crippen molar-refractivity contribution in [2.45, 2.75) is 6.42 Å². The molecule has 0 aromatic carbocycles. The van der Waals surface area contributed by atoms with Crippen LogP contribution in [0.25, 0.3) is 5.69 Å². The van der Waals surface area contributed by atoms with Gasteiger partial charge in [-0.25, -0.2) is 0 Å². The lowest BCUT2D eigenvalue weighted by molar-refractivity contribution is -0.139. The second kappa shape index (κ2) is 5.00. The minimum Gasteiger partial charge on any atom is -0.481 e. The zero-order valence-corrected chi connectivity index (χ0v) is 11.2. The van der Waals surface area contributed by atoms with Gasteiger partial charge in [-0.2, -0.15) is 4.68 Å². The zero-order chi connectivity index (χ0) is 14.1. The van der Waals surface area contributed by atoms with Gasteiger partial charge in [0.2, 0.25) is 0 Å². The van der Waals surface area contributed by atoms with Gasteiger partial charge in [0.1, 0.15) is 11.2 Å². The van der Waals surface area contributed by atoms with Crippen LogP contribution in [0.4, 0.5) is 0 Å². The second-order valence-corrected chi connectivity index (χ2v) is 5.48. The minimum atomic E-state index is -0.826. The average molecular weight is 293 g/mol. The van der Waals surface area contributed by atoms with Crippen molar-refractivity contribution in [3.05, 3.63) is 22.7 Å². The normalized spacial score (nSPS) is 15.1. The third-order valence-electron chi connectivity index (χ3n) is 3.14. The van der Waals surface area contributed by atoms with E-state index in [-0.39, 0.29) is 18.2 Å². The van der Waals surface area contributed by atoms with Crippen molar-refractivity contribution < 1.29 is 14.7 Å².